The lowest BCUT2D eigenvalue weighted by atomic mass is 10.1. The van der Waals surface area contributed by atoms with Gasteiger partial charge in [0.15, 0.2) is 0 Å². The summed E-state index contributed by atoms with van der Waals surface area (Å²) in [6.07, 6.45) is 4.50. The fourth-order valence-electron chi connectivity index (χ4n) is 2.49. The van der Waals surface area contributed by atoms with Gasteiger partial charge in [0.05, 0.1) is 15.6 Å². The number of carboxylic acids is 1. The molecular formula is C18H13Cl2NO3. The average molecular weight is 362 g/mol. The summed E-state index contributed by atoms with van der Waals surface area (Å²) in [7, 11) is 1.89. The van der Waals surface area contributed by atoms with E-state index in [0.29, 0.717) is 21.5 Å². The largest absolute Gasteiger partial charge is 0.478 e. The van der Waals surface area contributed by atoms with Crippen molar-refractivity contribution in [1.82, 2.24) is 4.57 Å². The zero-order chi connectivity index (χ0) is 17.3. The van der Waals surface area contributed by atoms with Gasteiger partial charge in [0.25, 0.3) is 0 Å². The molecular weight excluding hydrogens is 349 g/mol. The lowest BCUT2D eigenvalue weighted by Gasteiger charge is -2.09. The lowest BCUT2D eigenvalue weighted by molar-refractivity contribution is -0.131. The van der Waals surface area contributed by atoms with Crippen LogP contribution in [0.15, 0.2) is 48.7 Å². The minimum Gasteiger partial charge on any atom is -0.478 e. The van der Waals surface area contributed by atoms with Crippen molar-refractivity contribution >= 4 is 46.2 Å². The molecule has 1 N–H and O–H groups in total. The van der Waals surface area contributed by atoms with Gasteiger partial charge in [-0.3, -0.25) is 0 Å². The summed E-state index contributed by atoms with van der Waals surface area (Å²) < 4.78 is 7.87. The standard InChI is InChI=1S/C18H13Cl2NO3/c1-21-10-11(5-8-17(22)23)18-15(21)3-2-4-16(18)24-12-6-7-13(19)14(20)9-12/h2-10H,1H3,(H,22,23). The average Bonchev–Trinajstić information content (AvgIpc) is 2.86. The Kier molecular flexibility index (Phi) is 4.51. The van der Waals surface area contributed by atoms with E-state index in [2.05, 4.69) is 0 Å². The molecule has 0 saturated heterocycles. The van der Waals surface area contributed by atoms with Crippen LogP contribution in [0.4, 0.5) is 0 Å². The molecule has 3 aromatic rings. The predicted molar refractivity (Wildman–Crippen MR) is 96.1 cm³/mol. The van der Waals surface area contributed by atoms with Crippen LogP contribution in [0.25, 0.3) is 17.0 Å². The number of benzene rings is 2. The number of carbonyl (C=O) groups is 1. The molecule has 0 fully saturated rings. The zero-order valence-electron chi connectivity index (χ0n) is 12.7. The second-order valence-electron chi connectivity index (χ2n) is 5.20. The summed E-state index contributed by atoms with van der Waals surface area (Å²) >= 11 is 11.9. The molecule has 0 atom stereocenters. The highest BCUT2D eigenvalue weighted by Gasteiger charge is 2.12. The minimum atomic E-state index is -1.00. The molecule has 2 aromatic carbocycles. The zero-order valence-corrected chi connectivity index (χ0v) is 14.2. The van der Waals surface area contributed by atoms with Crippen LogP contribution in [0.1, 0.15) is 5.56 Å². The van der Waals surface area contributed by atoms with E-state index in [-0.39, 0.29) is 0 Å². The van der Waals surface area contributed by atoms with Crippen molar-refractivity contribution in [2.75, 3.05) is 0 Å². The molecule has 0 aliphatic carbocycles. The summed E-state index contributed by atoms with van der Waals surface area (Å²) in [5.41, 5.74) is 1.68. The molecule has 1 heterocycles. The van der Waals surface area contributed by atoms with Gasteiger partial charge in [-0.05, 0) is 30.3 Å². The van der Waals surface area contributed by atoms with Crippen LogP contribution in [0.3, 0.4) is 0 Å². The molecule has 0 aliphatic rings. The number of fused-ring (bicyclic) bond motifs is 1. The molecule has 122 valence electrons. The van der Waals surface area contributed by atoms with Gasteiger partial charge in [-0.25, -0.2) is 4.79 Å². The maximum absolute atomic E-state index is 10.8. The van der Waals surface area contributed by atoms with Gasteiger partial charge in [0, 0.05) is 36.3 Å². The molecule has 6 heteroatoms. The van der Waals surface area contributed by atoms with Crippen LogP contribution >= 0.6 is 23.2 Å². The molecule has 24 heavy (non-hydrogen) atoms. The first-order valence-electron chi connectivity index (χ1n) is 7.07. The summed E-state index contributed by atoms with van der Waals surface area (Å²) in [5.74, 6) is 0.153. The first-order chi connectivity index (χ1) is 11.5. The van der Waals surface area contributed by atoms with Crippen LogP contribution in [0.2, 0.25) is 10.0 Å². The van der Waals surface area contributed by atoms with E-state index in [1.165, 1.54) is 0 Å². The van der Waals surface area contributed by atoms with Crippen molar-refractivity contribution in [3.8, 4) is 11.5 Å². The highest BCUT2D eigenvalue weighted by atomic mass is 35.5. The Labute approximate surface area is 148 Å². The van der Waals surface area contributed by atoms with E-state index in [1.807, 2.05) is 36.0 Å². The summed E-state index contributed by atoms with van der Waals surface area (Å²) in [6, 6.07) is 10.7. The predicted octanol–water partition coefficient (Wildman–Crippen LogP) is 5.38. The number of aryl methyl sites for hydroxylation is 1. The molecule has 0 amide bonds. The van der Waals surface area contributed by atoms with Gasteiger partial charge < -0.3 is 14.4 Å². The summed E-state index contributed by atoms with van der Waals surface area (Å²) in [5, 5.41) is 10.5. The quantitative estimate of drug-likeness (QED) is 0.635. The molecule has 0 aliphatic heterocycles. The van der Waals surface area contributed by atoms with E-state index >= 15 is 0 Å². The second-order valence-corrected chi connectivity index (χ2v) is 6.01. The second kappa shape index (κ2) is 6.59. The third-order valence-corrected chi connectivity index (χ3v) is 4.27. The van der Waals surface area contributed by atoms with Crippen LogP contribution in [0.5, 0.6) is 11.5 Å². The first-order valence-corrected chi connectivity index (χ1v) is 7.83. The fourth-order valence-corrected chi connectivity index (χ4v) is 2.77. The number of carboxylic acid groups (broad SMARTS) is 1. The van der Waals surface area contributed by atoms with E-state index in [1.54, 1.807) is 24.3 Å². The first kappa shape index (κ1) is 16.4. The Morgan fingerprint density at radius 2 is 2.00 bits per heavy atom. The Balaban J connectivity index is 2.10. The molecule has 0 spiro atoms. The number of aliphatic carboxylic acids is 1. The molecule has 1 aromatic heterocycles. The van der Waals surface area contributed by atoms with Crippen molar-refractivity contribution in [2.45, 2.75) is 0 Å². The van der Waals surface area contributed by atoms with Crippen molar-refractivity contribution in [3.05, 3.63) is 64.3 Å². The SMILES string of the molecule is Cn1cc(C=CC(=O)O)c2c(Oc3ccc(Cl)c(Cl)c3)cccc21. The van der Waals surface area contributed by atoms with E-state index in [0.717, 1.165) is 22.5 Å². The molecule has 4 nitrogen and oxygen atoms in total. The number of aromatic nitrogens is 1. The van der Waals surface area contributed by atoms with Crippen LogP contribution < -0.4 is 4.74 Å². The van der Waals surface area contributed by atoms with Gasteiger partial charge >= 0.3 is 5.97 Å². The molecule has 0 bridgehead atoms. The number of nitrogens with zero attached hydrogens (tertiary/aromatic N) is 1. The van der Waals surface area contributed by atoms with E-state index in [9.17, 15) is 4.79 Å². The molecule has 0 radical (unpaired) electrons. The van der Waals surface area contributed by atoms with Crippen LogP contribution in [-0.4, -0.2) is 15.6 Å². The Morgan fingerprint density at radius 1 is 1.21 bits per heavy atom. The van der Waals surface area contributed by atoms with Crippen LogP contribution in [0, 0.1) is 0 Å². The van der Waals surface area contributed by atoms with Crippen molar-refractivity contribution in [3.63, 3.8) is 0 Å². The number of rotatable bonds is 4. The Bertz CT molecular complexity index is 960. The third kappa shape index (κ3) is 3.25. The molecule has 0 unspecified atom stereocenters. The highest BCUT2D eigenvalue weighted by Crippen LogP contribution is 2.35. The Hall–Kier alpha value is -2.43. The van der Waals surface area contributed by atoms with Crippen molar-refractivity contribution < 1.29 is 14.6 Å². The van der Waals surface area contributed by atoms with Gasteiger partial charge in [-0.15, -0.1) is 0 Å². The smallest absolute Gasteiger partial charge is 0.328 e. The van der Waals surface area contributed by atoms with Gasteiger partial charge in [-0.1, -0.05) is 29.3 Å². The maximum Gasteiger partial charge on any atom is 0.328 e. The summed E-state index contributed by atoms with van der Waals surface area (Å²) in [6.45, 7) is 0. The van der Waals surface area contributed by atoms with Gasteiger partial charge in [0.1, 0.15) is 11.5 Å². The topological polar surface area (TPSA) is 51.5 Å². The van der Waals surface area contributed by atoms with E-state index in [4.69, 9.17) is 33.0 Å². The number of hydrogen-bond donors (Lipinski definition) is 1. The lowest BCUT2D eigenvalue weighted by Crippen LogP contribution is -1.88. The van der Waals surface area contributed by atoms with Crippen LogP contribution in [-0.2, 0) is 11.8 Å². The summed E-state index contributed by atoms with van der Waals surface area (Å²) in [4.78, 5) is 10.8. The monoisotopic (exact) mass is 361 g/mol. The molecule has 0 saturated carbocycles. The normalized spacial score (nSPS) is 11.3. The van der Waals surface area contributed by atoms with Gasteiger partial charge in [-0.2, -0.15) is 0 Å². The van der Waals surface area contributed by atoms with Gasteiger partial charge in [0.2, 0.25) is 0 Å². The van der Waals surface area contributed by atoms with E-state index < -0.39 is 5.97 Å². The van der Waals surface area contributed by atoms with Crippen molar-refractivity contribution in [1.29, 1.82) is 0 Å². The number of halogens is 2. The Morgan fingerprint density at radius 3 is 2.71 bits per heavy atom. The number of hydrogen-bond acceptors (Lipinski definition) is 2. The highest BCUT2D eigenvalue weighted by molar-refractivity contribution is 6.42. The third-order valence-electron chi connectivity index (χ3n) is 3.53. The molecule has 3 rings (SSSR count). The van der Waals surface area contributed by atoms with Crippen molar-refractivity contribution in [2.24, 2.45) is 7.05 Å². The number of ether oxygens (including phenoxy) is 1. The minimum absolute atomic E-state index is 0.403. The maximum atomic E-state index is 10.8. The fraction of sp³-hybridized carbons (Fsp3) is 0.0556.